The summed E-state index contributed by atoms with van der Waals surface area (Å²) in [5, 5.41) is 16.9. The van der Waals surface area contributed by atoms with E-state index in [1.54, 1.807) is 0 Å². The molecule has 6 unspecified atom stereocenters. The monoisotopic (exact) mass is 1590 g/mol. The largest absolute Gasteiger partial charge is 0.477 e. The first kappa shape index (κ1) is 89.3. The van der Waals surface area contributed by atoms with Crippen LogP contribution < -0.4 is 24.5 Å². The van der Waals surface area contributed by atoms with Gasteiger partial charge in [-0.25, -0.2) is 0 Å². The Balaban J connectivity index is 0.000000138. The van der Waals surface area contributed by atoms with Crippen molar-refractivity contribution in [1.82, 2.24) is 53.7 Å². The summed E-state index contributed by atoms with van der Waals surface area (Å²) in [5.74, 6) is 5.05. The molecule has 6 saturated heterocycles. The Kier molecular flexibility index (Phi) is 27.6. The van der Waals surface area contributed by atoms with E-state index in [9.17, 15) is 0 Å². The maximum Gasteiger partial charge on any atom is 0.182 e. The van der Waals surface area contributed by atoms with Crippen molar-refractivity contribution in [2.24, 2.45) is 0 Å². The van der Waals surface area contributed by atoms with E-state index in [0.717, 1.165) is 120 Å². The fourth-order valence-corrected chi connectivity index (χ4v) is 18.5. The summed E-state index contributed by atoms with van der Waals surface area (Å²) in [6, 6.07) is 53.3. The lowest BCUT2D eigenvalue weighted by Crippen LogP contribution is -2.50. The molecule has 3 aromatic heterocycles. The number of allylic oxidation sites excluding steroid dienone is 1. The maximum atomic E-state index is 5.55. The second kappa shape index (κ2) is 36.2. The summed E-state index contributed by atoms with van der Waals surface area (Å²) in [4.78, 5) is 22.4. The van der Waals surface area contributed by atoms with Crippen LogP contribution >= 0.6 is 0 Å². The maximum absolute atomic E-state index is 5.55. The number of rotatable bonds is 5. The van der Waals surface area contributed by atoms with E-state index in [-0.39, 0.29) is 40.0 Å². The van der Waals surface area contributed by atoms with Crippen LogP contribution in [0.5, 0.6) is 0 Å². The van der Waals surface area contributed by atoms with Crippen molar-refractivity contribution in [3.63, 3.8) is 0 Å². The van der Waals surface area contributed by atoms with E-state index < -0.39 is 0 Å². The summed E-state index contributed by atoms with van der Waals surface area (Å²) in [6.07, 6.45) is 5.23. The molecule has 8 aromatic rings. The van der Waals surface area contributed by atoms with Gasteiger partial charge in [0.1, 0.15) is 24.1 Å². The fraction of sp³-hybridized carbons (Fsp3) is 0.580. The molecule has 12 heterocycles. The first-order valence-corrected chi connectivity index (χ1v) is 43.8. The topological polar surface area (TPSA) is 105 Å². The van der Waals surface area contributed by atoms with Gasteiger partial charge in [-0.3, -0.25) is 9.80 Å². The zero-order chi connectivity index (χ0) is 83.7. The number of hydrogen-bond acceptors (Lipinski definition) is 14. The lowest BCUT2D eigenvalue weighted by Gasteiger charge is -2.40. The number of hydrogen-bond donors (Lipinski definition) is 0. The van der Waals surface area contributed by atoms with E-state index in [4.69, 9.17) is 4.74 Å². The SMILES string of the molecule is C.C=C1CCC2CN(c3ccc(C(C)(C)C)cc3)CCN12.C=C1OCC2CN(c3ccc(C(C)(C)C)cc3)CCN12.CC(C)(C)c1ccc(N2CCN3CCCC3C2)cc1.Cc1ccc2n1C(C)CN(c1ccc(C(C)(C)C)cc1)C2.Cc1nnc2n1C(C)CN(C(C)(C)C)C2.Cc1nnc2n1C(C)CN(c1ccc(C(C)(C)C)cc1)C2. The Morgan fingerprint density at radius 3 is 1.17 bits per heavy atom. The minimum atomic E-state index is 0. The van der Waals surface area contributed by atoms with E-state index in [0.29, 0.717) is 30.2 Å². The predicted octanol–water partition coefficient (Wildman–Crippen LogP) is 20.6. The third-order valence-electron chi connectivity index (χ3n) is 25.8. The molecule has 0 amide bonds. The van der Waals surface area contributed by atoms with E-state index in [1.165, 1.54) is 125 Å². The minimum absolute atomic E-state index is 0. The predicted molar refractivity (Wildman–Crippen MR) is 493 cm³/mol. The first-order chi connectivity index (χ1) is 54.5. The molecular weight excluding hydrogens is 1440 g/mol. The van der Waals surface area contributed by atoms with Crippen molar-refractivity contribution in [1.29, 1.82) is 0 Å². The summed E-state index contributed by atoms with van der Waals surface area (Å²) in [6.45, 7) is 80.0. The Labute approximate surface area is 707 Å². The van der Waals surface area contributed by atoms with Gasteiger partial charge in [0, 0.05) is 154 Å². The summed E-state index contributed by atoms with van der Waals surface area (Å²) < 4.78 is 12.5. The minimum Gasteiger partial charge on any atom is -0.477 e. The van der Waals surface area contributed by atoms with E-state index in [1.807, 2.05) is 13.8 Å². The van der Waals surface area contributed by atoms with Gasteiger partial charge in [0.2, 0.25) is 0 Å². The third kappa shape index (κ3) is 21.6. The zero-order valence-corrected chi connectivity index (χ0v) is 76.0. The molecule has 0 radical (unpaired) electrons. The molecule has 17 heteroatoms. The van der Waals surface area contributed by atoms with Gasteiger partial charge < -0.3 is 52.7 Å². The number of anilines is 5. The molecular formula is C100H150N16O. The quantitative estimate of drug-likeness (QED) is 0.163. The van der Waals surface area contributed by atoms with Crippen LogP contribution in [0.1, 0.15) is 259 Å². The molecule has 0 aliphatic carbocycles. The van der Waals surface area contributed by atoms with Gasteiger partial charge in [0.05, 0.1) is 31.7 Å². The number of fused-ring (bicyclic) bond motifs is 6. The lowest BCUT2D eigenvalue weighted by atomic mass is 9.87. The molecule has 0 saturated carbocycles. The highest BCUT2D eigenvalue weighted by Gasteiger charge is 2.38. The highest BCUT2D eigenvalue weighted by Crippen LogP contribution is 2.38. The van der Waals surface area contributed by atoms with Crippen LogP contribution in [0.25, 0.3) is 0 Å². The molecule has 9 aliphatic rings. The highest BCUT2D eigenvalue weighted by molar-refractivity contribution is 5.54. The van der Waals surface area contributed by atoms with Gasteiger partial charge in [0.25, 0.3) is 0 Å². The van der Waals surface area contributed by atoms with Crippen LogP contribution in [0.3, 0.4) is 0 Å². The van der Waals surface area contributed by atoms with Gasteiger partial charge in [-0.15, -0.1) is 20.4 Å². The molecule has 17 rings (SSSR count). The zero-order valence-electron chi connectivity index (χ0n) is 76.0. The van der Waals surface area contributed by atoms with Gasteiger partial charge in [-0.1, -0.05) is 179 Å². The van der Waals surface area contributed by atoms with Crippen LogP contribution in [0.4, 0.5) is 28.4 Å². The van der Waals surface area contributed by atoms with Crippen molar-refractivity contribution in [3.05, 3.63) is 221 Å². The van der Waals surface area contributed by atoms with Gasteiger partial charge >= 0.3 is 0 Å². The van der Waals surface area contributed by atoms with Crippen LogP contribution in [0, 0.1) is 20.8 Å². The van der Waals surface area contributed by atoms with Crippen LogP contribution in [-0.2, 0) is 51.4 Å². The number of aromatic nitrogens is 7. The average Bonchev–Trinajstić information content (AvgIpc) is 1.70. The third-order valence-corrected chi connectivity index (χ3v) is 25.8. The molecule has 6 atom stereocenters. The van der Waals surface area contributed by atoms with E-state index in [2.05, 4.69) is 377 Å². The summed E-state index contributed by atoms with van der Waals surface area (Å²) in [5.41, 5.74) is 19.2. The Morgan fingerprint density at radius 1 is 0.359 bits per heavy atom. The standard InChI is InChI=1S/C19H26N2.C18H26N2.C17H24N4.C17H24N2O.C17H26N2.C11H20N4.CH4/c1-14-6-9-18-13-20(12-15(2)21(14)18)17-10-7-16(8-11-17)19(3,4)5;1-14-5-8-17-13-19(11-12-20(14)17)16-9-6-15(7-10-16)18(2,3)4;1-12-10-20(11-16-19-18-13(2)21(12)16)15-8-6-14(7-9-15)17(3,4)5;1-13-19-10-9-18(11-16(19)12-20-13)15-7-5-14(6-8-15)17(2,3)4;1-17(2,3)14-6-8-15(9-7-14)19-12-11-18-10-4-5-16(18)13-19;1-8-6-14(11(3,4)5)7-10-13-12-9(2)15(8)10;/h6-11,15H,12-13H2,1-5H3;6-7,9-10,17H,1,5,8,11-13H2,2-4H3;6-9,12H,10-11H2,1-5H3;5-8,16H,1,9-12H2,2-4H3;6-9,16H,4-5,10-13H2,1-3H3;8H,6-7H2,1-5H3;1H4. The van der Waals surface area contributed by atoms with Gasteiger partial charge in [-0.2, -0.15) is 0 Å². The Bertz CT molecular complexity index is 4330. The normalized spacial score (nSPS) is 21.5. The van der Waals surface area contributed by atoms with E-state index >= 15 is 0 Å². The smallest absolute Gasteiger partial charge is 0.182 e. The van der Waals surface area contributed by atoms with Gasteiger partial charge in [0.15, 0.2) is 11.7 Å². The molecule has 636 valence electrons. The Hall–Kier alpha value is -8.54. The first-order valence-electron chi connectivity index (χ1n) is 43.8. The highest BCUT2D eigenvalue weighted by atomic mass is 16.5. The number of nitrogens with zero attached hydrogens (tertiary/aromatic N) is 16. The lowest BCUT2D eigenvalue weighted by molar-refractivity contribution is 0.0835. The van der Waals surface area contributed by atoms with Crippen LogP contribution in [0.15, 0.2) is 158 Å². The van der Waals surface area contributed by atoms with Crippen molar-refractivity contribution < 1.29 is 4.74 Å². The Morgan fingerprint density at radius 2 is 0.735 bits per heavy atom. The molecule has 117 heavy (non-hydrogen) atoms. The van der Waals surface area contributed by atoms with Crippen molar-refractivity contribution >= 4 is 28.4 Å². The van der Waals surface area contributed by atoms with Crippen LogP contribution in [-0.4, -0.2) is 169 Å². The number of benzene rings is 5. The molecule has 5 aromatic carbocycles. The van der Waals surface area contributed by atoms with Crippen LogP contribution in [0.2, 0.25) is 0 Å². The second-order valence-corrected chi connectivity index (χ2v) is 40.9. The number of piperazine rings is 3. The molecule has 9 aliphatic heterocycles. The summed E-state index contributed by atoms with van der Waals surface area (Å²) in [7, 11) is 0. The average molecular weight is 1590 g/mol. The number of ether oxygens (including phenoxy) is 1. The second-order valence-electron chi connectivity index (χ2n) is 40.9. The molecule has 0 bridgehead atoms. The fourth-order valence-electron chi connectivity index (χ4n) is 18.5. The molecule has 17 nitrogen and oxygen atoms in total. The molecule has 6 fully saturated rings. The van der Waals surface area contributed by atoms with Gasteiger partial charge in [-0.05, 0) is 229 Å². The number of aryl methyl sites for hydroxylation is 3. The van der Waals surface area contributed by atoms with Crippen molar-refractivity contribution in [2.75, 3.05) is 116 Å². The van der Waals surface area contributed by atoms with Crippen molar-refractivity contribution in [2.45, 2.75) is 288 Å². The summed E-state index contributed by atoms with van der Waals surface area (Å²) >= 11 is 0. The van der Waals surface area contributed by atoms with Crippen molar-refractivity contribution in [3.8, 4) is 0 Å². The molecule has 0 N–H and O–H groups in total. The molecule has 0 spiro atoms.